The molecule has 1 aromatic heterocycles. The fourth-order valence-electron chi connectivity index (χ4n) is 4.81. The van der Waals surface area contributed by atoms with Crippen LogP contribution in [0, 0.1) is 6.92 Å². The van der Waals surface area contributed by atoms with Gasteiger partial charge in [0.1, 0.15) is 0 Å². The summed E-state index contributed by atoms with van der Waals surface area (Å²) in [6, 6.07) is 14.6. The molecule has 1 saturated heterocycles. The minimum atomic E-state index is -4.51. The van der Waals surface area contributed by atoms with Gasteiger partial charge >= 0.3 is 6.18 Å². The molecule has 1 aliphatic heterocycles. The topological polar surface area (TPSA) is 70.2 Å². The molecule has 0 saturated carbocycles. The number of halogens is 3. The zero-order valence-corrected chi connectivity index (χ0v) is 21.2. The Labute approximate surface area is 218 Å². The molecule has 0 bridgehead atoms. The van der Waals surface area contributed by atoms with Gasteiger partial charge in [0.2, 0.25) is 5.95 Å². The van der Waals surface area contributed by atoms with Gasteiger partial charge < -0.3 is 15.5 Å². The SMILES string of the molecule is CNc1ncc2cc(-c3cc(C(=O)Nc4cc(C(F)(F)F)ccc4N4CCCCC4)ccc3C)ccc2n1. The molecule has 6 nitrogen and oxygen atoms in total. The van der Waals surface area contributed by atoms with Gasteiger partial charge in [0.25, 0.3) is 5.91 Å². The van der Waals surface area contributed by atoms with Crippen molar-refractivity contribution < 1.29 is 18.0 Å². The van der Waals surface area contributed by atoms with Crippen LogP contribution in [0.15, 0.2) is 60.8 Å². The number of carbonyl (C=O) groups excluding carboxylic acids is 1. The normalized spacial score (nSPS) is 14.0. The fourth-order valence-corrected chi connectivity index (χ4v) is 4.81. The van der Waals surface area contributed by atoms with Gasteiger partial charge in [-0.05, 0) is 85.3 Å². The number of rotatable bonds is 5. The number of carbonyl (C=O) groups is 1. The average molecular weight is 520 g/mol. The lowest BCUT2D eigenvalue weighted by molar-refractivity contribution is -0.137. The number of piperidine rings is 1. The van der Waals surface area contributed by atoms with E-state index in [4.69, 9.17) is 0 Å². The molecule has 1 fully saturated rings. The van der Waals surface area contributed by atoms with E-state index in [0.717, 1.165) is 72.1 Å². The zero-order chi connectivity index (χ0) is 26.9. The van der Waals surface area contributed by atoms with Crippen molar-refractivity contribution in [3.05, 3.63) is 77.5 Å². The highest BCUT2D eigenvalue weighted by atomic mass is 19.4. The molecule has 0 spiro atoms. The van der Waals surface area contributed by atoms with E-state index in [1.165, 1.54) is 6.07 Å². The van der Waals surface area contributed by atoms with Crippen LogP contribution in [0.25, 0.3) is 22.0 Å². The quantitative estimate of drug-likeness (QED) is 0.300. The van der Waals surface area contributed by atoms with Crippen molar-refractivity contribution in [2.24, 2.45) is 0 Å². The number of nitrogens with zero attached hydrogens (tertiary/aromatic N) is 3. The first-order chi connectivity index (χ1) is 18.2. The first-order valence-corrected chi connectivity index (χ1v) is 12.6. The maximum atomic E-state index is 13.5. The molecule has 38 heavy (non-hydrogen) atoms. The molecule has 2 heterocycles. The van der Waals surface area contributed by atoms with E-state index in [9.17, 15) is 18.0 Å². The molecule has 3 aromatic carbocycles. The molecule has 0 aliphatic carbocycles. The van der Waals surface area contributed by atoms with Crippen molar-refractivity contribution in [3.63, 3.8) is 0 Å². The molecule has 4 aromatic rings. The third kappa shape index (κ3) is 5.27. The van der Waals surface area contributed by atoms with Crippen LogP contribution >= 0.6 is 0 Å². The predicted molar refractivity (Wildman–Crippen MR) is 145 cm³/mol. The smallest absolute Gasteiger partial charge is 0.370 e. The lowest BCUT2D eigenvalue weighted by atomic mass is 9.97. The number of hydrogen-bond donors (Lipinski definition) is 2. The Kier molecular flexibility index (Phi) is 6.93. The summed E-state index contributed by atoms with van der Waals surface area (Å²) in [5, 5.41) is 6.54. The van der Waals surface area contributed by atoms with Crippen LogP contribution in [0.3, 0.4) is 0 Å². The van der Waals surface area contributed by atoms with Gasteiger partial charge in [0, 0.05) is 37.3 Å². The van der Waals surface area contributed by atoms with Gasteiger partial charge in [0.05, 0.1) is 22.5 Å². The fraction of sp³-hybridized carbons (Fsp3) is 0.276. The van der Waals surface area contributed by atoms with Crippen LogP contribution in [0.4, 0.5) is 30.5 Å². The summed E-state index contributed by atoms with van der Waals surface area (Å²) >= 11 is 0. The summed E-state index contributed by atoms with van der Waals surface area (Å²) in [6.07, 6.45) is 0.234. The van der Waals surface area contributed by atoms with Crippen molar-refractivity contribution in [1.82, 2.24) is 9.97 Å². The Balaban J connectivity index is 1.48. The molecule has 5 rings (SSSR count). The standard InChI is InChI=1S/C29H28F3N5O/c1-18-6-7-20(15-23(18)19-8-10-24-21(14-19)17-34-28(33-2)36-24)27(38)35-25-16-22(29(30,31)32)9-11-26(25)37-12-4-3-5-13-37/h6-11,14-17H,3-5,12-13H2,1-2H3,(H,35,38)(H,33,34,36). The molecule has 0 radical (unpaired) electrons. The Morgan fingerprint density at radius 2 is 1.76 bits per heavy atom. The van der Waals surface area contributed by atoms with E-state index in [1.54, 1.807) is 25.4 Å². The number of nitrogens with one attached hydrogen (secondary N) is 2. The second-order valence-electron chi connectivity index (χ2n) is 9.48. The Morgan fingerprint density at radius 3 is 2.50 bits per heavy atom. The average Bonchev–Trinajstić information content (AvgIpc) is 2.92. The molecular formula is C29H28F3N5O. The molecule has 1 amide bonds. The van der Waals surface area contributed by atoms with Gasteiger partial charge in [0.15, 0.2) is 0 Å². The Bertz CT molecular complexity index is 1500. The number of benzene rings is 3. The number of hydrogen-bond acceptors (Lipinski definition) is 5. The minimum absolute atomic E-state index is 0.164. The highest BCUT2D eigenvalue weighted by Crippen LogP contribution is 2.37. The van der Waals surface area contributed by atoms with Gasteiger partial charge in [-0.1, -0.05) is 12.1 Å². The number of aromatic nitrogens is 2. The van der Waals surface area contributed by atoms with E-state index in [2.05, 4.69) is 20.6 Å². The summed E-state index contributed by atoms with van der Waals surface area (Å²) in [5.74, 6) is 0.0604. The van der Waals surface area contributed by atoms with Gasteiger partial charge in [-0.25, -0.2) is 9.97 Å². The van der Waals surface area contributed by atoms with Crippen molar-refractivity contribution in [1.29, 1.82) is 0 Å². The maximum absolute atomic E-state index is 13.5. The van der Waals surface area contributed by atoms with Crippen molar-refractivity contribution in [2.45, 2.75) is 32.4 Å². The molecule has 9 heteroatoms. The van der Waals surface area contributed by atoms with E-state index in [1.807, 2.05) is 36.1 Å². The molecule has 0 unspecified atom stereocenters. The number of fused-ring (bicyclic) bond motifs is 1. The summed E-state index contributed by atoms with van der Waals surface area (Å²) in [4.78, 5) is 24.1. The van der Waals surface area contributed by atoms with Crippen molar-refractivity contribution >= 4 is 34.1 Å². The first-order valence-electron chi connectivity index (χ1n) is 12.6. The lowest BCUT2D eigenvalue weighted by Gasteiger charge is -2.31. The largest absolute Gasteiger partial charge is 0.416 e. The molecule has 1 aliphatic rings. The van der Waals surface area contributed by atoms with Gasteiger partial charge in [-0.2, -0.15) is 13.2 Å². The summed E-state index contributed by atoms with van der Waals surface area (Å²) in [6.45, 7) is 3.43. The number of amides is 1. The number of anilines is 3. The van der Waals surface area contributed by atoms with E-state index in [0.29, 0.717) is 17.2 Å². The van der Waals surface area contributed by atoms with Gasteiger partial charge in [-0.15, -0.1) is 0 Å². The summed E-state index contributed by atoms with van der Waals surface area (Å²) in [7, 11) is 1.75. The van der Waals surface area contributed by atoms with E-state index in [-0.39, 0.29) is 5.69 Å². The van der Waals surface area contributed by atoms with Crippen LogP contribution in [-0.4, -0.2) is 36.0 Å². The zero-order valence-electron chi connectivity index (χ0n) is 21.2. The second kappa shape index (κ2) is 10.3. The van der Waals surface area contributed by atoms with Crippen LogP contribution in [0.5, 0.6) is 0 Å². The maximum Gasteiger partial charge on any atom is 0.416 e. The predicted octanol–water partition coefficient (Wildman–Crippen LogP) is 6.91. The minimum Gasteiger partial charge on any atom is -0.370 e. The third-order valence-corrected chi connectivity index (χ3v) is 6.88. The number of alkyl halides is 3. The van der Waals surface area contributed by atoms with Crippen LogP contribution in [-0.2, 0) is 6.18 Å². The van der Waals surface area contributed by atoms with Crippen LogP contribution in [0.2, 0.25) is 0 Å². The molecule has 0 atom stereocenters. The first kappa shape index (κ1) is 25.5. The Morgan fingerprint density at radius 1 is 0.974 bits per heavy atom. The molecule has 196 valence electrons. The highest BCUT2D eigenvalue weighted by Gasteiger charge is 2.32. The van der Waals surface area contributed by atoms with E-state index >= 15 is 0 Å². The highest BCUT2D eigenvalue weighted by molar-refractivity contribution is 6.07. The van der Waals surface area contributed by atoms with Gasteiger partial charge in [-0.3, -0.25) is 4.79 Å². The second-order valence-corrected chi connectivity index (χ2v) is 9.48. The van der Waals surface area contributed by atoms with Crippen molar-refractivity contribution in [2.75, 3.05) is 35.7 Å². The van der Waals surface area contributed by atoms with Crippen LogP contribution < -0.4 is 15.5 Å². The molecular weight excluding hydrogens is 491 g/mol. The lowest BCUT2D eigenvalue weighted by Crippen LogP contribution is -2.30. The van der Waals surface area contributed by atoms with Crippen LogP contribution in [0.1, 0.15) is 40.7 Å². The monoisotopic (exact) mass is 519 g/mol. The van der Waals surface area contributed by atoms with Crippen molar-refractivity contribution in [3.8, 4) is 11.1 Å². The van der Waals surface area contributed by atoms with E-state index < -0.39 is 17.6 Å². The number of aryl methyl sites for hydroxylation is 1. The third-order valence-electron chi connectivity index (χ3n) is 6.88. The molecule has 2 N–H and O–H groups in total. The summed E-state index contributed by atoms with van der Waals surface area (Å²) < 4.78 is 40.5. The Hall–Kier alpha value is -4.14. The summed E-state index contributed by atoms with van der Waals surface area (Å²) in [5.41, 5.74) is 3.81.